The lowest BCUT2D eigenvalue weighted by molar-refractivity contribution is -0.144. The van der Waals surface area contributed by atoms with Gasteiger partial charge in [0.2, 0.25) is 0 Å². The molecule has 1 aliphatic heterocycles. The number of carbonyl (C=O) groups excluding carboxylic acids is 3. The van der Waals surface area contributed by atoms with E-state index in [1.807, 2.05) is 30.3 Å². The second kappa shape index (κ2) is 5.70. The van der Waals surface area contributed by atoms with E-state index in [-0.39, 0.29) is 12.6 Å². The normalized spacial score (nSPS) is 19.1. The van der Waals surface area contributed by atoms with Crippen molar-refractivity contribution in [1.29, 1.82) is 0 Å². The molecule has 0 spiro atoms. The van der Waals surface area contributed by atoms with Crippen molar-refractivity contribution in [2.45, 2.75) is 38.3 Å². The summed E-state index contributed by atoms with van der Waals surface area (Å²) in [6, 6.07) is 8.75. The van der Waals surface area contributed by atoms with Crippen molar-refractivity contribution >= 4 is 28.7 Å². The number of aromatic nitrogens is 1. The standard InChI is InChI=1S/C18H17N3O3/c22-16-17(23)21(14-8-1-2-9-14)18(24)20(16)11-13-6-3-5-12-7-4-10-19-15(12)13/h3-7,10,14H,1-2,8-9,11H2. The van der Waals surface area contributed by atoms with Crippen LogP contribution in [-0.2, 0) is 16.1 Å². The lowest BCUT2D eigenvalue weighted by atomic mass is 10.1. The van der Waals surface area contributed by atoms with Gasteiger partial charge in [0.05, 0.1) is 12.1 Å². The van der Waals surface area contributed by atoms with E-state index in [0.29, 0.717) is 0 Å². The summed E-state index contributed by atoms with van der Waals surface area (Å²) in [5.74, 6) is -1.43. The fourth-order valence-corrected chi connectivity index (χ4v) is 3.61. The second-order valence-corrected chi connectivity index (χ2v) is 6.28. The van der Waals surface area contributed by atoms with E-state index in [1.54, 1.807) is 6.20 Å². The Hall–Kier alpha value is -2.76. The van der Waals surface area contributed by atoms with Gasteiger partial charge in [-0.2, -0.15) is 0 Å². The van der Waals surface area contributed by atoms with Crippen LogP contribution < -0.4 is 0 Å². The van der Waals surface area contributed by atoms with Crippen molar-refractivity contribution < 1.29 is 14.4 Å². The van der Waals surface area contributed by atoms with Crippen LogP contribution >= 0.6 is 0 Å². The summed E-state index contributed by atoms with van der Waals surface area (Å²) in [4.78, 5) is 43.8. The van der Waals surface area contributed by atoms with Crippen LogP contribution in [0.3, 0.4) is 0 Å². The molecule has 1 aromatic carbocycles. The van der Waals surface area contributed by atoms with E-state index < -0.39 is 17.8 Å². The Morgan fingerprint density at radius 1 is 1.00 bits per heavy atom. The molecular weight excluding hydrogens is 306 g/mol. The summed E-state index contributed by atoms with van der Waals surface area (Å²) in [5.41, 5.74) is 1.50. The molecule has 0 unspecified atom stereocenters. The first-order valence-electron chi connectivity index (χ1n) is 8.18. The SMILES string of the molecule is O=C1C(=O)N(C2CCCC2)C(=O)N1Cc1cccc2cccnc12. The van der Waals surface area contributed by atoms with Gasteiger partial charge in [0, 0.05) is 17.6 Å². The van der Waals surface area contributed by atoms with Crippen LogP contribution in [0.25, 0.3) is 10.9 Å². The third-order valence-corrected chi connectivity index (χ3v) is 4.82. The van der Waals surface area contributed by atoms with Crippen LogP contribution in [0.1, 0.15) is 31.2 Å². The first-order valence-corrected chi connectivity index (χ1v) is 8.18. The maximum atomic E-state index is 12.6. The Kier molecular flexibility index (Phi) is 3.52. The molecule has 4 amide bonds. The fourth-order valence-electron chi connectivity index (χ4n) is 3.61. The van der Waals surface area contributed by atoms with Crippen LogP contribution in [0.5, 0.6) is 0 Å². The Morgan fingerprint density at radius 2 is 1.75 bits per heavy atom. The van der Waals surface area contributed by atoms with Gasteiger partial charge < -0.3 is 0 Å². The number of pyridine rings is 1. The van der Waals surface area contributed by atoms with Crippen molar-refractivity contribution in [2.24, 2.45) is 0 Å². The van der Waals surface area contributed by atoms with E-state index >= 15 is 0 Å². The van der Waals surface area contributed by atoms with Crippen LogP contribution in [0.4, 0.5) is 4.79 Å². The topological polar surface area (TPSA) is 70.6 Å². The molecule has 1 aliphatic carbocycles. The molecule has 1 saturated carbocycles. The summed E-state index contributed by atoms with van der Waals surface area (Å²) < 4.78 is 0. The fraction of sp³-hybridized carbons (Fsp3) is 0.333. The van der Waals surface area contributed by atoms with Crippen molar-refractivity contribution in [1.82, 2.24) is 14.8 Å². The number of fused-ring (bicyclic) bond motifs is 1. The molecule has 0 bridgehead atoms. The van der Waals surface area contributed by atoms with Gasteiger partial charge in [-0.15, -0.1) is 0 Å². The number of hydrogen-bond acceptors (Lipinski definition) is 4. The summed E-state index contributed by atoms with van der Waals surface area (Å²) in [5, 5.41) is 0.938. The molecule has 2 aromatic rings. The molecule has 0 N–H and O–H groups in total. The zero-order valence-electron chi connectivity index (χ0n) is 13.1. The zero-order valence-corrected chi connectivity index (χ0v) is 13.1. The van der Waals surface area contributed by atoms with Crippen LogP contribution in [-0.4, -0.2) is 38.7 Å². The minimum absolute atomic E-state index is 0.0704. The molecule has 1 aromatic heterocycles. The van der Waals surface area contributed by atoms with E-state index in [4.69, 9.17) is 0 Å². The summed E-state index contributed by atoms with van der Waals surface area (Å²) in [6.07, 6.45) is 5.23. The van der Waals surface area contributed by atoms with Gasteiger partial charge in [-0.3, -0.25) is 24.4 Å². The number of urea groups is 1. The van der Waals surface area contributed by atoms with Gasteiger partial charge in [-0.1, -0.05) is 37.1 Å². The highest BCUT2D eigenvalue weighted by molar-refractivity contribution is 6.44. The Balaban J connectivity index is 1.65. The minimum Gasteiger partial charge on any atom is -0.263 e. The number of benzene rings is 1. The number of amides is 4. The van der Waals surface area contributed by atoms with Gasteiger partial charge in [0.25, 0.3) is 0 Å². The molecular formula is C18H17N3O3. The zero-order chi connectivity index (χ0) is 16.7. The monoisotopic (exact) mass is 323 g/mol. The molecule has 1 saturated heterocycles. The average Bonchev–Trinajstić information content (AvgIpc) is 3.19. The lowest BCUT2D eigenvalue weighted by Gasteiger charge is -2.21. The molecule has 0 radical (unpaired) electrons. The van der Waals surface area contributed by atoms with Crippen LogP contribution in [0.2, 0.25) is 0 Å². The van der Waals surface area contributed by atoms with Crippen LogP contribution in [0, 0.1) is 0 Å². The van der Waals surface area contributed by atoms with Gasteiger partial charge in [0.1, 0.15) is 0 Å². The van der Waals surface area contributed by atoms with Crippen molar-refractivity contribution in [3.05, 3.63) is 42.1 Å². The summed E-state index contributed by atoms with van der Waals surface area (Å²) in [6.45, 7) is 0.0704. The first kappa shape index (κ1) is 14.8. The number of carbonyl (C=O) groups is 3. The Labute approximate surface area is 139 Å². The highest BCUT2D eigenvalue weighted by atomic mass is 16.2. The smallest absolute Gasteiger partial charge is 0.263 e. The number of para-hydroxylation sites is 1. The van der Waals surface area contributed by atoms with Gasteiger partial charge >= 0.3 is 17.8 Å². The van der Waals surface area contributed by atoms with E-state index in [2.05, 4.69) is 4.98 Å². The maximum absolute atomic E-state index is 12.6. The number of nitrogens with zero attached hydrogens (tertiary/aromatic N) is 3. The molecule has 2 fully saturated rings. The summed E-state index contributed by atoms with van der Waals surface area (Å²) >= 11 is 0. The molecule has 2 heterocycles. The lowest BCUT2D eigenvalue weighted by Crippen LogP contribution is -2.39. The largest absolute Gasteiger partial charge is 0.334 e. The first-order chi connectivity index (χ1) is 11.7. The van der Waals surface area contributed by atoms with E-state index in [0.717, 1.165) is 51.9 Å². The highest BCUT2D eigenvalue weighted by Gasteiger charge is 2.48. The molecule has 2 aliphatic rings. The number of imide groups is 2. The molecule has 6 heteroatoms. The molecule has 4 rings (SSSR count). The quantitative estimate of drug-likeness (QED) is 0.642. The van der Waals surface area contributed by atoms with Crippen molar-refractivity contribution in [2.75, 3.05) is 0 Å². The Morgan fingerprint density at radius 3 is 2.54 bits per heavy atom. The third-order valence-electron chi connectivity index (χ3n) is 4.82. The molecule has 122 valence electrons. The van der Waals surface area contributed by atoms with Crippen molar-refractivity contribution in [3.63, 3.8) is 0 Å². The second-order valence-electron chi connectivity index (χ2n) is 6.28. The maximum Gasteiger partial charge on any atom is 0.334 e. The van der Waals surface area contributed by atoms with Gasteiger partial charge in [-0.25, -0.2) is 4.79 Å². The number of rotatable bonds is 3. The van der Waals surface area contributed by atoms with Gasteiger partial charge in [-0.05, 0) is 24.5 Å². The molecule has 6 nitrogen and oxygen atoms in total. The highest BCUT2D eigenvalue weighted by Crippen LogP contribution is 2.29. The predicted molar refractivity (Wildman–Crippen MR) is 86.8 cm³/mol. The van der Waals surface area contributed by atoms with E-state index in [1.165, 1.54) is 0 Å². The Bertz CT molecular complexity index is 837. The van der Waals surface area contributed by atoms with Gasteiger partial charge in [0.15, 0.2) is 0 Å². The van der Waals surface area contributed by atoms with Crippen LogP contribution in [0.15, 0.2) is 36.5 Å². The predicted octanol–water partition coefficient (Wildman–Crippen LogP) is 2.47. The van der Waals surface area contributed by atoms with E-state index in [9.17, 15) is 14.4 Å². The molecule has 0 atom stereocenters. The minimum atomic E-state index is -0.736. The molecule has 24 heavy (non-hydrogen) atoms. The number of hydrogen-bond donors (Lipinski definition) is 0. The average molecular weight is 323 g/mol. The summed E-state index contributed by atoms with van der Waals surface area (Å²) in [7, 11) is 0. The third kappa shape index (κ3) is 2.26. The van der Waals surface area contributed by atoms with Crippen molar-refractivity contribution in [3.8, 4) is 0 Å².